The predicted molar refractivity (Wildman–Crippen MR) is 35.3 cm³/mol. The number of halogens is 3. The van der Waals surface area contributed by atoms with E-state index in [-0.39, 0.29) is 22.4 Å². The number of carbonyl (C=O) groups excluding carboxylic acids is 1. The minimum absolute atomic E-state index is 0. The summed E-state index contributed by atoms with van der Waals surface area (Å²) in [7, 11) is 0. The first kappa shape index (κ1) is 15.4. The van der Waals surface area contributed by atoms with Crippen molar-refractivity contribution in [1.82, 2.24) is 0 Å². The summed E-state index contributed by atoms with van der Waals surface area (Å²) >= 11 is 0. The fraction of sp³-hybridized carbons (Fsp3) is 0.714. The van der Waals surface area contributed by atoms with Gasteiger partial charge < -0.3 is 20.1 Å². The Hall–Kier alpha value is -0.570. The average molecular weight is 335 g/mol. The molecule has 0 unspecified atom stereocenters. The SMILES string of the molecule is O=C([O-])C1(C(=O)O)CC(O)(C(F)(F)F)C1.[Ag+]. The van der Waals surface area contributed by atoms with Crippen LogP contribution in [0.4, 0.5) is 13.2 Å². The van der Waals surface area contributed by atoms with Crippen LogP contribution >= 0.6 is 0 Å². The molecule has 1 saturated carbocycles. The molecule has 0 radical (unpaired) electrons. The maximum Gasteiger partial charge on any atom is 1.00 e. The van der Waals surface area contributed by atoms with Crippen LogP contribution in [-0.4, -0.2) is 33.9 Å². The Balaban J connectivity index is 0.00000225. The van der Waals surface area contributed by atoms with E-state index in [1.54, 1.807) is 0 Å². The Morgan fingerprint density at radius 2 is 1.62 bits per heavy atom. The van der Waals surface area contributed by atoms with Gasteiger partial charge in [-0.05, 0) is 0 Å². The van der Waals surface area contributed by atoms with Gasteiger partial charge in [-0.1, -0.05) is 0 Å². The van der Waals surface area contributed by atoms with Gasteiger partial charge in [-0.15, -0.1) is 0 Å². The number of alkyl halides is 3. The number of carbonyl (C=O) groups is 2. The van der Waals surface area contributed by atoms with Gasteiger partial charge in [0.2, 0.25) is 0 Å². The largest absolute Gasteiger partial charge is 1.00 e. The van der Waals surface area contributed by atoms with E-state index >= 15 is 0 Å². The van der Waals surface area contributed by atoms with Gasteiger partial charge in [-0.25, -0.2) is 0 Å². The summed E-state index contributed by atoms with van der Waals surface area (Å²) in [6.07, 6.45) is -7.87. The van der Waals surface area contributed by atoms with Gasteiger partial charge in [-0.3, -0.25) is 4.79 Å². The number of aliphatic hydroxyl groups is 1. The van der Waals surface area contributed by atoms with Crippen molar-refractivity contribution in [1.29, 1.82) is 0 Å². The van der Waals surface area contributed by atoms with Gasteiger partial charge in [0.15, 0.2) is 5.60 Å². The number of hydrogen-bond donors (Lipinski definition) is 2. The normalized spacial score (nSPS) is 33.5. The second-order valence-corrected chi connectivity index (χ2v) is 3.56. The Kier molecular flexibility index (Phi) is 3.88. The quantitative estimate of drug-likeness (QED) is 0.493. The molecule has 96 valence electrons. The molecule has 0 spiro atoms. The first-order valence-electron chi connectivity index (χ1n) is 3.79. The van der Waals surface area contributed by atoms with E-state index in [2.05, 4.69) is 0 Å². The van der Waals surface area contributed by atoms with E-state index in [0.717, 1.165) is 0 Å². The van der Waals surface area contributed by atoms with Crippen LogP contribution in [-0.2, 0) is 32.0 Å². The van der Waals surface area contributed by atoms with Crippen molar-refractivity contribution in [3.8, 4) is 0 Å². The molecule has 0 aromatic heterocycles. The Morgan fingerprint density at radius 1 is 1.25 bits per heavy atom. The molecule has 0 aromatic rings. The number of aliphatic carboxylic acids is 2. The minimum atomic E-state index is -5.04. The molecule has 0 aromatic carbocycles. The van der Waals surface area contributed by atoms with Gasteiger partial charge in [0.1, 0.15) is 5.41 Å². The van der Waals surface area contributed by atoms with Crippen molar-refractivity contribution in [2.75, 3.05) is 0 Å². The molecule has 9 heteroatoms. The summed E-state index contributed by atoms with van der Waals surface area (Å²) in [6.45, 7) is 0. The van der Waals surface area contributed by atoms with Crippen LogP contribution < -0.4 is 5.11 Å². The first-order valence-corrected chi connectivity index (χ1v) is 3.79. The summed E-state index contributed by atoms with van der Waals surface area (Å²) < 4.78 is 36.3. The maximum atomic E-state index is 12.1. The van der Waals surface area contributed by atoms with Crippen molar-refractivity contribution in [2.45, 2.75) is 24.6 Å². The van der Waals surface area contributed by atoms with Crippen molar-refractivity contribution >= 4 is 11.9 Å². The molecule has 0 saturated heterocycles. The van der Waals surface area contributed by atoms with E-state index in [1.165, 1.54) is 0 Å². The first-order chi connectivity index (χ1) is 6.55. The summed E-state index contributed by atoms with van der Waals surface area (Å²) in [5.74, 6) is -4.06. The number of carboxylic acids is 2. The zero-order chi connectivity index (χ0) is 12.1. The number of hydrogen-bond acceptors (Lipinski definition) is 4. The Labute approximate surface area is 103 Å². The third-order valence-electron chi connectivity index (χ3n) is 2.52. The molecule has 16 heavy (non-hydrogen) atoms. The molecule has 0 heterocycles. The van der Waals surface area contributed by atoms with Gasteiger partial charge in [0.05, 0.1) is 5.97 Å². The van der Waals surface area contributed by atoms with E-state index in [1.807, 2.05) is 0 Å². The number of carboxylic acid groups (broad SMARTS) is 2. The van der Waals surface area contributed by atoms with Crippen LogP contribution in [0.2, 0.25) is 0 Å². The molecule has 1 fully saturated rings. The van der Waals surface area contributed by atoms with Gasteiger partial charge >= 0.3 is 34.5 Å². The Bertz CT molecular complexity index is 304. The van der Waals surface area contributed by atoms with Crippen molar-refractivity contribution in [3.63, 3.8) is 0 Å². The van der Waals surface area contributed by atoms with Crippen molar-refractivity contribution in [2.24, 2.45) is 5.41 Å². The molecule has 2 N–H and O–H groups in total. The van der Waals surface area contributed by atoms with Crippen LogP contribution in [0.15, 0.2) is 0 Å². The fourth-order valence-corrected chi connectivity index (χ4v) is 1.53. The van der Waals surface area contributed by atoms with Crippen molar-refractivity contribution in [3.05, 3.63) is 0 Å². The summed E-state index contributed by atoms with van der Waals surface area (Å²) in [6, 6.07) is 0. The van der Waals surface area contributed by atoms with Gasteiger partial charge in [0.25, 0.3) is 0 Å². The van der Waals surface area contributed by atoms with E-state index in [9.17, 15) is 27.9 Å². The predicted octanol–water partition coefficient (Wildman–Crippen LogP) is -1.11. The topological polar surface area (TPSA) is 97.7 Å². The molecule has 5 nitrogen and oxygen atoms in total. The summed E-state index contributed by atoms with van der Waals surface area (Å²) in [4.78, 5) is 20.8. The molecule has 1 rings (SSSR count). The molecular weight excluding hydrogens is 329 g/mol. The minimum Gasteiger partial charge on any atom is -0.549 e. The van der Waals surface area contributed by atoms with E-state index < -0.39 is 42.0 Å². The van der Waals surface area contributed by atoms with E-state index in [0.29, 0.717) is 0 Å². The van der Waals surface area contributed by atoms with Crippen LogP contribution in [0, 0.1) is 5.41 Å². The van der Waals surface area contributed by atoms with Gasteiger partial charge in [-0.2, -0.15) is 13.2 Å². The zero-order valence-corrected chi connectivity index (χ0v) is 8.95. The molecule has 0 aliphatic heterocycles. The molecule has 1 aliphatic rings. The molecule has 0 bridgehead atoms. The zero-order valence-electron chi connectivity index (χ0n) is 7.47. The van der Waals surface area contributed by atoms with Crippen LogP contribution in [0.25, 0.3) is 0 Å². The molecule has 1 aliphatic carbocycles. The monoisotopic (exact) mass is 334 g/mol. The maximum absolute atomic E-state index is 12.1. The van der Waals surface area contributed by atoms with Crippen LogP contribution in [0.5, 0.6) is 0 Å². The molecular formula is C7H6AgF3O5. The fourth-order valence-electron chi connectivity index (χ4n) is 1.53. The third kappa shape index (κ3) is 1.97. The average Bonchev–Trinajstić information content (AvgIpc) is 1.94. The van der Waals surface area contributed by atoms with E-state index in [4.69, 9.17) is 10.2 Å². The smallest absolute Gasteiger partial charge is 0.549 e. The summed E-state index contributed by atoms with van der Waals surface area (Å²) in [5.41, 5.74) is -5.88. The standard InChI is InChI=1S/C7H7F3O5.Ag/c8-7(9,10)6(15)1-5(2-6,3(11)12)4(13)14;/h15H,1-2H2,(H,11,12)(H,13,14);/q;+1/p-1. The molecule has 0 atom stereocenters. The summed E-state index contributed by atoms with van der Waals surface area (Å²) in [5, 5.41) is 27.7. The Morgan fingerprint density at radius 3 is 1.81 bits per heavy atom. The number of rotatable bonds is 2. The second-order valence-electron chi connectivity index (χ2n) is 3.56. The molecule has 0 amide bonds. The van der Waals surface area contributed by atoms with Crippen LogP contribution in [0.3, 0.4) is 0 Å². The second kappa shape index (κ2) is 4.02. The van der Waals surface area contributed by atoms with Crippen LogP contribution in [0.1, 0.15) is 12.8 Å². The van der Waals surface area contributed by atoms with Crippen molar-refractivity contribution < 1.29 is 60.5 Å². The third-order valence-corrected chi connectivity index (χ3v) is 2.52. The van der Waals surface area contributed by atoms with Gasteiger partial charge in [0, 0.05) is 12.8 Å².